The van der Waals surface area contributed by atoms with Crippen LogP contribution in [0, 0.1) is 0 Å². The topological polar surface area (TPSA) is 56.7 Å². The maximum atomic E-state index is 11.3. The van der Waals surface area contributed by atoms with Gasteiger partial charge >= 0.3 is 6.09 Å². The predicted octanol–water partition coefficient (Wildman–Crippen LogP) is 2.81. The molecule has 0 saturated carbocycles. The summed E-state index contributed by atoms with van der Waals surface area (Å²) in [5, 5.41) is 10.4. The van der Waals surface area contributed by atoms with Gasteiger partial charge in [0.2, 0.25) is 0 Å². The highest BCUT2D eigenvalue weighted by Gasteiger charge is 2.32. The maximum absolute atomic E-state index is 11.3. The van der Waals surface area contributed by atoms with E-state index in [-0.39, 0.29) is 12.1 Å². The minimum absolute atomic E-state index is 0.0299. The van der Waals surface area contributed by atoms with Crippen molar-refractivity contribution >= 4 is 22.7 Å². The smallest absolute Gasteiger partial charge is 0.407 e. The molecular formula is C16H19N3O2. The van der Waals surface area contributed by atoms with Gasteiger partial charge in [0, 0.05) is 36.8 Å². The molecule has 110 valence electrons. The van der Waals surface area contributed by atoms with Crippen molar-refractivity contribution in [2.45, 2.75) is 25.9 Å². The number of benzene rings is 1. The fourth-order valence-corrected chi connectivity index (χ4v) is 3.05. The van der Waals surface area contributed by atoms with Crippen molar-refractivity contribution in [3.63, 3.8) is 0 Å². The number of fused-ring (bicyclic) bond motifs is 1. The van der Waals surface area contributed by atoms with Gasteiger partial charge in [-0.2, -0.15) is 0 Å². The van der Waals surface area contributed by atoms with Gasteiger partial charge in [0.15, 0.2) is 0 Å². The van der Waals surface area contributed by atoms with E-state index in [4.69, 9.17) is 0 Å². The van der Waals surface area contributed by atoms with Crippen molar-refractivity contribution in [1.29, 1.82) is 0 Å². The summed E-state index contributed by atoms with van der Waals surface area (Å²) in [4.78, 5) is 19.5. The number of rotatable bonds is 1. The van der Waals surface area contributed by atoms with Gasteiger partial charge in [0.25, 0.3) is 0 Å². The lowest BCUT2D eigenvalue weighted by atomic mass is 10.1. The van der Waals surface area contributed by atoms with Crippen LogP contribution in [0.5, 0.6) is 0 Å². The molecule has 21 heavy (non-hydrogen) atoms. The van der Waals surface area contributed by atoms with Crippen molar-refractivity contribution in [3.8, 4) is 0 Å². The number of amides is 1. The van der Waals surface area contributed by atoms with E-state index in [0.29, 0.717) is 13.1 Å². The Morgan fingerprint density at radius 1 is 1.19 bits per heavy atom. The highest BCUT2D eigenvalue weighted by atomic mass is 16.4. The number of para-hydroxylation sites is 1. The molecule has 1 saturated heterocycles. The molecule has 1 aromatic carbocycles. The Morgan fingerprint density at radius 2 is 1.95 bits per heavy atom. The summed E-state index contributed by atoms with van der Waals surface area (Å²) in [6, 6.07) is 10.2. The molecule has 0 unspecified atom stereocenters. The molecule has 0 spiro atoms. The Hall–Kier alpha value is -2.30. The quantitative estimate of drug-likeness (QED) is 0.875. The van der Waals surface area contributed by atoms with Gasteiger partial charge in [-0.15, -0.1) is 0 Å². The maximum Gasteiger partial charge on any atom is 0.407 e. The molecular weight excluding hydrogens is 266 g/mol. The Morgan fingerprint density at radius 3 is 2.71 bits per heavy atom. The van der Waals surface area contributed by atoms with E-state index >= 15 is 0 Å². The van der Waals surface area contributed by atoms with Crippen molar-refractivity contribution in [2.24, 2.45) is 0 Å². The second kappa shape index (κ2) is 5.24. The van der Waals surface area contributed by atoms with Crippen LogP contribution in [0.2, 0.25) is 0 Å². The molecule has 2 aromatic rings. The molecule has 1 amide bonds. The molecule has 3 rings (SSSR count). The van der Waals surface area contributed by atoms with Crippen molar-refractivity contribution in [1.82, 2.24) is 9.88 Å². The summed E-state index contributed by atoms with van der Waals surface area (Å²) in [5.74, 6) is 0. The number of carbonyl (C=O) groups is 1. The predicted molar refractivity (Wildman–Crippen MR) is 82.7 cm³/mol. The normalized spacial score (nSPS) is 22.6. The van der Waals surface area contributed by atoms with Crippen LogP contribution in [0.3, 0.4) is 0 Å². The third-order valence-corrected chi connectivity index (χ3v) is 4.15. The van der Waals surface area contributed by atoms with Gasteiger partial charge in [-0.05, 0) is 26.0 Å². The molecule has 5 heteroatoms. The van der Waals surface area contributed by atoms with E-state index in [1.807, 2.05) is 31.2 Å². The molecule has 5 nitrogen and oxygen atoms in total. The van der Waals surface area contributed by atoms with Crippen molar-refractivity contribution < 1.29 is 9.90 Å². The van der Waals surface area contributed by atoms with Gasteiger partial charge in [0.05, 0.1) is 11.2 Å². The molecule has 0 radical (unpaired) electrons. The van der Waals surface area contributed by atoms with E-state index < -0.39 is 6.09 Å². The fraction of sp³-hybridized carbons (Fsp3) is 0.375. The number of carboxylic acid groups (broad SMARTS) is 1. The Balaban J connectivity index is 1.98. The Bertz CT molecular complexity index is 668. The minimum Gasteiger partial charge on any atom is -0.465 e. The molecule has 1 N–H and O–H groups in total. The van der Waals surface area contributed by atoms with Gasteiger partial charge in [0.1, 0.15) is 0 Å². The molecule has 1 fully saturated rings. The van der Waals surface area contributed by atoms with E-state index in [9.17, 15) is 9.90 Å². The van der Waals surface area contributed by atoms with E-state index in [0.717, 1.165) is 16.6 Å². The van der Waals surface area contributed by atoms with Gasteiger partial charge in [-0.1, -0.05) is 18.2 Å². The SMILES string of the molecule is C[C@@H]1CN(C(=O)O)[C@@H](C)CN1c1cccc2cccnc12. The summed E-state index contributed by atoms with van der Waals surface area (Å²) >= 11 is 0. The molecule has 2 atom stereocenters. The third-order valence-electron chi connectivity index (χ3n) is 4.15. The Labute approximate surface area is 123 Å². The first kappa shape index (κ1) is 13.7. The Kier molecular flexibility index (Phi) is 3.41. The fourth-order valence-electron chi connectivity index (χ4n) is 3.05. The second-order valence-electron chi connectivity index (χ2n) is 5.64. The zero-order chi connectivity index (χ0) is 15.0. The van der Waals surface area contributed by atoms with Crippen LogP contribution in [0.15, 0.2) is 36.5 Å². The first-order chi connectivity index (χ1) is 10.1. The van der Waals surface area contributed by atoms with Gasteiger partial charge < -0.3 is 14.9 Å². The van der Waals surface area contributed by atoms with Crippen molar-refractivity contribution in [3.05, 3.63) is 36.5 Å². The first-order valence-electron chi connectivity index (χ1n) is 7.18. The average molecular weight is 285 g/mol. The van der Waals surface area contributed by atoms with Crippen LogP contribution >= 0.6 is 0 Å². The number of nitrogens with zero attached hydrogens (tertiary/aromatic N) is 3. The summed E-state index contributed by atoms with van der Waals surface area (Å²) in [6.07, 6.45) is 0.956. The lowest BCUT2D eigenvalue weighted by Crippen LogP contribution is -2.58. The highest BCUT2D eigenvalue weighted by Crippen LogP contribution is 2.29. The molecule has 1 aliphatic rings. The minimum atomic E-state index is -0.843. The third kappa shape index (κ3) is 2.39. The summed E-state index contributed by atoms with van der Waals surface area (Å²) in [6.45, 7) is 5.21. The lowest BCUT2D eigenvalue weighted by Gasteiger charge is -2.44. The molecule has 1 aromatic heterocycles. The number of piperazine rings is 1. The summed E-state index contributed by atoms with van der Waals surface area (Å²) in [5.41, 5.74) is 2.06. The average Bonchev–Trinajstić information content (AvgIpc) is 2.48. The monoisotopic (exact) mass is 285 g/mol. The van der Waals surface area contributed by atoms with Crippen LogP contribution in [0.1, 0.15) is 13.8 Å². The number of aromatic nitrogens is 1. The zero-order valence-corrected chi connectivity index (χ0v) is 12.2. The van der Waals surface area contributed by atoms with Gasteiger partial charge in [-0.3, -0.25) is 4.98 Å². The van der Waals surface area contributed by atoms with E-state index in [1.54, 1.807) is 6.20 Å². The van der Waals surface area contributed by atoms with Crippen LogP contribution < -0.4 is 4.90 Å². The van der Waals surface area contributed by atoms with Crippen LogP contribution in [0.25, 0.3) is 10.9 Å². The van der Waals surface area contributed by atoms with Gasteiger partial charge in [-0.25, -0.2) is 4.79 Å². The molecule has 0 aliphatic carbocycles. The highest BCUT2D eigenvalue weighted by molar-refractivity contribution is 5.91. The molecule has 0 bridgehead atoms. The van der Waals surface area contributed by atoms with Crippen LogP contribution in [0.4, 0.5) is 10.5 Å². The second-order valence-corrected chi connectivity index (χ2v) is 5.64. The largest absolute Gasteiger partial charge is 0.465 e. The number of hydrogen-bond acceptors (Lipinski definition) is 3. The molecule has 2 heterocycles. The summed E-state index contributed by atoms with van der Waals surface area (Å²) < 4.78 is 0. The van der Waals surface area contributed by atoms with Crippen LogP contribution in [-0.4, -0.2) is 46.3 Å². The zero-order valence-electron chi connectivity index (χ0n) is 12.2. The van der Waals surface area contributed by atoms with Crippen LogP contribution in [-0.2, 0) is 0 Å². The molecule has 1 aliphatic heterocycles. The summed E-state index contributed by atoms with van der Waals surface area (Å²) in [7, 11) is 0. The number of hydrogen-bond donors (Lipinski definition) is 1. The lowest BCUT2D eigenvalue weighted by molar-refractivity contribution is 0.114. The van der Waals surface area contributed by atoms with E-state index in [2.05, 4.69) is 22.9 Å². The van der Waals surface area contributed by atoms with Crippen molar-refractivity contribution in [2.75, 3.05) is 18.0 Å². The number of pyridine rings is 1. The number of anilines is 1. The van der Waals surface area contributed by atoms with E-state index in [1.165, 1.54) is 4.90 Å². The standard InChI is InChI=1S/C16H19N3O2/c1-11-10-19(16(20)21)12(2)9-18(11)14-7-3-5-13-6-4-8-17-15(13)14/h3-8,11-12H,9-10H2,1-2H3,(H,20,21)/t11-,12+/m1/s1. The first-order valence-corrected chi connectivity index (χ1v) is 7.18.